The lowest BCUT2D eigenvalue weighted by molar-refractivity contribution is 0.307. The zero-order valence-electron chi connectivity index (χ0n) is 10.00. The molecule has 3 heteroatoms. The van der Waals surface area contributed by atoms with E-state index in [2.05, 4.69) is 17.2 Å². The normalized spacial score (nSPS) is 18.6. The number of rotatable bonds is 4. The van der Waals surface area contributed by atoms with Gasteiger partial charge in [0, 0.05) is 6.54 Å². The second kappa shape index (κ2) is 4.73. The summed E-state index contributed by atoms with van der Waals surface area (Å²) in [5, 5.41) is 3.49. The lowest BCUT2D eigenvalue weighted by Gasteiger charge is -2.28. The second-order valence-corrected chi connectivity index (χ2v) is 4.89. The third kappa shape index (κ3) is 2.46. The van der Waals surface area contributed by atoms with E-state index in [0.717, 1.165) is 12.2 Å². The standard InChI is InChI=1S/C13H21N3/c1-2-13(7-3-4-8-13)10-16-11-5-6-12(14)15-9-11/h5-6,9,16H,2-4,7-8,10H2,1H3,(H2,14,15). The van der Waals surface area contributed by atoms with Gasteiger partial charge in [-0.25, -0.2) is 4.98 Å². The van der Waals surface area contributed by atoms with Crippen molar-refractivity contribution < 1.29 is 0 Å². The van der Waals surface area contributed by atoms with E-state index in [-0.39, 0.29) is 0 Å². The van der Waals surface area contributed by atoms with Gasteiger partial charge in [0.1, 0.15) is 5.82 Å². The number of aromatic nitrogens is 1. The van der Waals surface area contributed by atoms with Crippen molar-refractivity contribution in [3.05, 3.63) is 18.3 Å². The van der Waals surface area contributed by atoms with Crippen molar-refractivity contribution in [1.82, 2.24) is 4.98 Å². The first-order valence-corrected chi connectivity index (χ1v) is 6.19. The Morgan fingerprint density at radius 2 is 2.12 bits per heavy atom. The van der Waals surface area contributed by atoms with E-state index in [4.69, 9.17) is 5.73 Å². The zero-order chi connectivity index (χ0) is 11.4. The van der Waals surface area contributed by atoms with Gasteiger partial charge in [0.25, 0.3) is 0 Å². The number of pyridine rings is 1. The Kier molecular flexibility index (Phi) is 3.32. The Bertz CT molecular complexity index is 326. The lowest BCUT2D eigenvalue weighted by atomic mass is 9.83. The van der Waals surface area contributed by atoms with Crippen molar-refractivity contribution in [3.8, 4) is 0 Å². The number of anilines is 2. The summed E-state index contributed by atoms with van der Waals surface area (Å²) in [6.45, 7) is 3.36. The van der Waals surface area contributed by atoms with Crippen LogP contribution < -0.4 is 11.1 Å². The van der Waals surface area contributed by atoms with Gasteiger partial charge >= 0.3 is 0 Å². The molecule has 88 valence electrons. The molecule has 1 heterocycles. The molecular formula is C13H21N3. The first-order valence-electron chi connectivity index (χ1n) is 6.19. The topological polar surface area (TPSA) is 50.9 Å². The Balaban J connectivity index is 1.93. The molecule has 16 heavy (non-hydrogen) atoms. The van der Waals surface area contributed by atoms with E-state index in [1.54, 1.807) is 0 Å². The van der Waals surface area contributed by atoms with E-state index < -0.39 is 0 Å². The largest absolute Gasteiger partial charge is 0.384 e. The molecule has 1 saturated carbocycles. The Morgan fingerprint density at radius 3 is 2.69 bits per heavy atom. The maximum absolute atomic E-state index is 5.56. The number of nitrogens with one attached hydrogen (secondary N) is 1. The molecule has 0 unspecified atom stereocenters. The van der Waals surface area contributed by atoms with Crippen molar-refractivity contribution in [1.29, 1.82) is 0 Å². The summed E-state index contributed by atoms with van der Waals surface area (Å²) < 4.78 is 0. The first kappa shape index (κ1) is 11.2. The van der Waals surface area contributed by atoms with E-state index in [0.29, 0.717) is 11.2 Å². The van der Waals surface area contributed by atoms with E-state index in [1.165, 1.54) is 32.1 Å². The average Bonchev–Trinajstić information content (AvgIpc) is 2.78. The highest BCUT2D eigenvalue weighted by atomic mass is 14.9. The molecule has 1 aliphatic carbocycles. The molecule has 1 aromatic rings. The smallest absolute Gasteiger partial charge is 0.123 e. The predicted octanol–water partition coefficient (Wildman–Crippen LogP) is 3.05. The molecule has 0 aromatic carbocycles. The van der Waals surface area contributed by atoms with Gasteiger partial charge in [0.15, 0.2) is 0 Å². The molecule has 2 rings (SSSR count). The van der Waals surface area contributed by atoms with Crippen molar-refractivity contribution in [3.63, 3.8) is 0 Å². The summed E-state index contributed by atoms with van der Waals surface area (Å²) in [5.74, 6) is 0.580. The van der Waals surface area contributed by atoms with Crippen LogP contribution in [0.3, 0.4) is 0 Å². The average molecular weight is 219 g/mol. The van der Waals surface area contributed by atoms with E-state index >= 15 is 0 Å². The molecule has 0 aliphatic heterocycles. The Morgan fingerprint density at radius 1 is 1.38 bits per heavy atom. The van der Waals surface area contributed by atoms with Crippen LogP contribution in [0.2, 0.25) is 0 Å². The van der Waals surface area contributed by atoms with Gasteiger partial charge in [0.05, 0.1) is 11.9 Å². The van der Waals surface area contributed by atoms with Crippen LogP contribution in [0, 0.1) is 5.41 Å². The van der Waals surface area contributed by atoms with Crippen LogP contribution in [-0.2, 0) is 0 Å². The first-order chi connectivity index (χ1) is 7.74. The molecule has 3 nitrogen and oxygen atoms in total. The third-order valence-corrected chi connectivity index (χ3v) is 3.87. The maximum atomic E-state index is 5.56. The molecule has 0 bridgehead atoms. The molecule has 0 saturated heterocycles. The molecular weight excluding hydrogens is 198 g/mol. The highest BCUT2D eigenvalue weighted by molar-refractivity contribution is 5.45. The fourth-order valence-electron chi connectivity index (χ4n) is 2.58. The summed E-state index contributed by atoms with van der Waals surface area (Å²) in [4.78, 5) is 4.09. The van der Waals surface area contributed by atoms with Crippen LogP contribution in [0.5, 0.6) is 0 Å². The molecule has 1 fully saturated rings. The van der Waals surface area contributed by atoms with Crippen LogP contribution in [0.25, 0.3) is 0 Å². The van der Waals surface area contributed by atoms with Crippen LogP contribution >= 0.6 is 0 Å². The van der Waals surface area contributed by atoms with Gasteiger partial charge in [-0.2, -0.15) is 0 Å². The Hall–Kier alpha value is -1.25. The van der Waals surface area contributed by atoms with Gasteiger partial charge in [-0.05, 0) is 36.8 Å². The van der Waals surface area contributed by atoms with Crippen molar-refractivity contribution in [2.75, 3.05) is 17.6 Å². The monoisotopic (exact) mass is 219 g/mol. The summed E-state index contributed by atoms with van der Waals surface area (Å²) in [6, 6.07) is 3.84. The quantitative estimate of drug-likeness (QED) is 0.818. The third-order valence-electron chi connectivity index (χ3n) is 3.87. The van der Waals surface area contributed by atoms with Gasteiger partial charge < -0.3 is 11.1 Å². The van der Waals surface area contributed by atoms with Gasteiger partial charge in [-0.1, -0.05) is 19.8 Å². The van der Waals surface area contributed by atoms with Crippen molar-refractivity contribution >= 4 is 11.5 Å². The molecule has 3 N–H and O–H groups in total. The van der Waals surface area contributed by atoms with Gasteiger partial charge in [-0.3, -0.25) is 0 Å². The number of nitrogens with two attached hydrogens (primary N) is 1. The van der Waals surface area contributed by atoms with E-state index in [9.17, 15) is 0 Å². The number of nitrogen functional groups attached to an aromatic ring is 1. The van der Waals surface area contributed by atoms with Crippen LogP contribution in [-0.4, -0.2) is 11.5 Å². The number of nitrogens with zero attached hydrogens (tertiary/aromatic N) is 1. The van der Waals surface area contributed by atoms with Crippen LogP contribution in [0.15, 0.2) is 18.3 Å². The van der Waals surface area contributed by atoms with Crippen LogP contribution in [0.4, 0.5) is 11.5 Å². The molecule has 0 radical (unpaired) electrons. The Labute approximate surface area is 97.5 Å². The zero-order valence-corrected chi connectivity index (χ0v) is 10.00. The molecule has 0 atom stereocenters. The van der Waals surface area contributed by atoms with Crippen molar-refractivity contribution in [2.24, 2.45) is 5.41 Å². The van der Waals surface area contributed by atoms with E-state index in [1.807, 2.05) is 18.3 Å². The summed E-state index contributed by atoms with van der Waals surface area (Å²) in [7, 11) is 0. The lowest BCUT2D eigenvalue weighted by Crippen LogP contribution is -2.25. The number of hydrogen-bond acceptors (Lipinski definition) is 3. The fraction of sp³-hybridized carbons (Fsp3) is 0.615. The number of hydrogen-bond donors (Lipinski definition) is 2. The fourth-order valence-corrected chi connectivity index (χ4v) is 2.58. The summed E-state index contributed by atoms with van der Waals surface area (Å²) >= 11 is 0. The molecule has 0 amide bonds. The van der Waals surface area contributed by atoms with Crippen molar-refractivity contribution in [2.45, 2.75) is 39.0 Å². The SMILES string of the molecule is CCC1(CNc2ccc(N)nc2)CCCC1. The second-order valence-electron chi connectivity index (χ2n) is 4.89. The minimum Gasteiger partial charge on any atom is -0.384 e. The minimum absolute atomic E-state index is 0.515. The van der Waals surface area contributed by atoms with Gasteiger partial charge in [-0.15, -0.1) is 0 Å². The molecule has 1 aliphatic rings. The minimum atomic E-state index is 0.515. The molecule has 1 aromatic heterocycles. The summed E-state index contributed by atoms with van der Waals surface area (Å²) in [6.07, 6.45) is 8.57. The highest BCUT2D eigenvalue weighted by Gasteiger charge is 2.31. The predicted molar refractivity (Wildman–Crippen MR) is 68.3 cm³/mol. The van der Waals surface area contributed by atoms with Gasteiger partial charge in [0.2, 0.25) is 0 Å². The maximum Gasteiger partial charge on any atom is 0.123 e. The summed E-state index contributed by atoms with van der Waals surface area (Å²) in [5.41, 5.74) is 7.15. The highest BCUT2D eigenvalue weighted by Crippen LogP contribution is 2.40. The van der Waals surface area contributed by atoms with Crippen LogP contribution in [0.1, 0.15) is 39.0 Å². The molecule has 0 spiro atoms.